The van der Waals surface area contributed by atoms with Crippen molar-refractivity contribution in [1.82, 2.24) is 4.31 Å². The number of anilines is 1. The first-order chi connectivity index (χ1) is 12.8. The smallest absolute Gasteiger partial charge is 0.227 e. The number of nitrogens with one attached hydrogen (secondary N) is 1. The van der Waals surface area contributed by atoms with Gasteiger partial charge in [0.25, 0.3) is 0 Å². The predicted octanol–water partition coefficient (Wildman–Crippen LogP) is 3.39. The van der Waals surface area contributed by atoms with E-state index in [1.807, 2.05) is 45.0 Å². The zero-order chi connectivity index (χ0) is 19.9. The summed E-state index contributed by atoms with van der Waals surface area (Å²) in [4.78, 5) is 12.6. The fourth-order valence-corrected chi connectivity index (χ4v) is 4.78. The Hall–Kier alpha value is -1.44. The summed E-state index contributed by atoms with van der Waals surface area (Å²) in [6.45, 7) is 7.31. The summed E-state index contributed by atoms with van der Waals surface area (Å²) in [5.74, 6) is 0.00623. The molecule has 0 atom stereocenters. The van der Waals surface area contributed by atoms with Crippen LogP contribution >= 0.6 is 0 Å². The lowest BCUT2D eigenvalue weighted by atomic mass is 9.97. The molecule has 0 bridgehead atoms. The number of amides is 1. The molecule has 0 aromatic heterocycles. The predicted molar refractivity (Wildman–Crippen MR) is 108 cm³/mol. The molecule has 0 radical (unpaired) electrons. The third kappa shape index (κ3) is 6.90. The molecule has 152 valence electrons. The van der Waals surface area contributed by atoms with Crippen LogP contribution in [-0.4, -0.2) is 43.6 Å². The van der Waals surface area contributed by atoms with Crippen molar-refractivity contribution in [2.75, 3.05) is 24.2 Å². The normalized spacial score (nSPS) is 16.6. The summed E-state index contributed by atoms with van der Waals surface area (Å²) >= 11 is 0. The van der Waals surface area contributed by atoms with Crippen LogP contribution in [0.25, 0.3) is 0 Å². The Morgan fingerprint density at radius 1 is 1.30 bits per heavy atom. The molecule has 6 nitrogen and oxygen atoms in total. The van der Waals surface area contributed by atoms with Gasteiger partial charge in [0, 0.05) is 24.7 Å². The summed E-state index contributed by atoms with van der Waals surface area (Å²) in [5, 5.41) is 2.97. The number of nitrogens with zero attached hydrogens (tertiary/aromatic N) is 1. The van der Waals surface area contributed by atoms with Gasteiger partial charge in [-0.05, 0) is 50.8 Å². The molecule has 1 aliphatic heterocycles. The zero-order valence-electron chi connectivity index (χ0n) is 16.6. The van der Waals surface area contributed by atoms with Gasteiger partial charge >= 0.3 is 0 Å². The van der Waals surface area contributed by atoms with Crippen LogP contribution in [0.3, 0.4) is 0 Å². The maximum Gasteiger partial charge on any atom is 0.227 e. The first kappa shape index (κ1) is 21.9. The van der Waals surface area contributed by atoms with Crippen molar-refractivity contribution in [2.24, 2.45) is 5.92 Å². The van der Waals surface area contributed by atoms with Crippen LogP contribution in [-0.2, 0) is 26.2 Å². The molecular weight excluding hydrogens is 364 g/mol. The molecule has 1 aliphatic rings. The van der Waals surface area contributed by atoms with Crippen molar-refractivity contribution >= 4 is 21.6 Å². The Balaban J connectivity index is 1.87. The number of carbonyl (C=O) groups excluding carboxylic acids is 1. The number of piperidine rings is 1. The molecule has 7 heteroatoms. The quantitative estimate of drug-likeness (QED) is 0.694. The van der Waals surface area contributed by atoms with Crippen LogP contribution in [0.5, 0.6) is 0 Å². The first-order valence-electron chi connectivity index (χ1n) is 9.81. The van der Waals surface area contributed by atoms with Crippen molar-refractivity contribution in [1.29, 1.82) is 0 Å². The summed E-state index contributed by atoms with van der Waals surface area (Å²) in [7, 11) is -3.18. The van der Waals surface area contributed by atoms with Crippen molar-refractivity contribution in [3.63, 3.8) is 0 Å². The molecule has 1 aromatic rings. The minimum Gasteiger partial charge on any atom is -0.374 e. The topological polar surface area (TPSA) is 75.7 Å². The molecule has 0 saturated carbocycles. The lowest BCUT2D eigenvalue weighted by molar-refractivity contribution is -0.120. The first-order valence-corrected chi connectivity index (χ1v) is 11.4. The fraction of sp³-hybridized carbons (Fsp3) is 0.650. The summed E-state index contributed by atoms with van der Waals surface area (Å²) in [5.41, 5.74) is 1.76. The molecule has 27 heavy (non-hydrogen) atoms. The van der Waals surface area contributed by atoms with Gasteiger partial charge in [0.15, 0.2) is 0 Å². The summed E-state index contributed by atoms with van der Waals surface area (Å²) < 4.78 is 31.7. The number of ether oxygens (including phenoxy) is 1. The van der Waals surface area contributed by atoms with E-state index in [1.165, 1.54) is 4.31 Å². The van der Waals surface area contributed by atoms with E-state index in [4.69, 9.17) is 4.74 Å². The van der Waals surface area contributed by atoms with Crippen LogP contribution in [0.4, 0.5) is 5.69 Å². The van der Waals surface area contributed by atoms with Crippen LogP contribution in [0, 0.1) is 5.92 Å². The molecule has 1 saturated heterocycles. The number of rotatable bonds is 9. The van der Waals surface area contributed by atoms with E-state index in [-0.39, 0.29) is 23.7 Å². The Morgan fingerprint density at radius 3 is 2.63 bits per heavy atom. The van der Waals surface area contributed by atoms with Gasteiger partial charge in [-0.2, -0.15) is 0 Å². The standard InChI is InChI=1S/C20H32N2O4S/c1-4-5-13-27(24,25)22-11-9-18(10-12-22)20(23)21-19-8-6-7-17(14-19)15-26-16(2)3/h6-8,14,16,18H,4-5,9-13,15H2,1-3H3,(H,21,23). The molecule has 0 unspecified atom stereocenters. The van der Waals surface area contributed by atoms with Gasteiger partial charge in [0.1, 0.15) is 0 Å². The summed E-state index contributed by atoms with van der Waals surface area (Å²) in [6, 6.07) is 7.65. The average molecular weight is 397 g/mol. The van der Waals surface area contributed by atoms with Gasteiger partial charge in [-0.3, -0.25) is 4.79 Å². The lowest BCUT2D eigenvalue weighted by Gasteiger charge is -2.30. The molecule has 0 spiro atoms. The molecule has 1 amide bonds. The Labute approximate surface area is 163 Å². The van der Waals surface area contributed by atoms with Crippen LogP contribution < -0.4 is 5.32 Å². The Morgan fingerprint density at radius 2 is 2.00 bits per heavy atom. The lowest BCUT2D eigenvalue weighted by Crippen LogP contribution is -2.42. The molecule has 1 aromatic carbocycles. The van der Waals surface area contributed by atoms with Crippen molar-refractivity contribution in [3.8, 4) is 0 Å². The zero-order valence-corrected chi connectivity index (χ0v) is 17.4. The van der Waals surface area contributed by atoms with E-state index in [0.717, 1.165) is 17.7 Å². The van der Waals surface area contributed by atoms with Crippen molar-refractivity contribution in [2.45, 2.75) is 59.2 Å². The molecular formula is C20H32N2O4S. The number of hydrogen-bond donors (Lipinski definition) is 1. The van der Waals surface area contributed by atoms with E-state index in [2.05, 4.69) is 5.32 Å². The third-order valence-electron chi connectivity index (χ3n) is 4.75. The molecule has 1 heterocycles. The SMILES string of the molecule is CCCCS(=O)(=O)N1CCC(C(=O)Nc2cccc(COC(C)C)c2)CC1. The average Bonchev–Trinajstić information content (AvgIpc) is 2.65. The van der Waals surface area contributed by atoms with E-state index in [9.17, 15) is 13.2 Å². The highest BCUT2D eigenvalue weighted by Gasteiger charge is 2.30. The second kappa shape index (κ2) is 10.2. The molecule has 1 N–H and O–H groups in total. The monoisotopic (exact) mass is 396 g/mol. The van der Waals surface area contributed by atoms with Crippen molar-refractivity contribution in [3.05, 3.63) is 29.8 Å². The number of sulfonamides is 1. The molecule has 1 fully saturated rings. The minimum absolute atomic E-state index is 0.0393. The molecule has 0 aliphatic carbocycles. The number of hydrogen-bond acceptors (Lipinski definition) is 4. The van der Waals surface area contributed by atoms with E-state index >= 15 is 0 Å². The van der Waals surface area contributed by atoms with E-state index < -0.39 is 10.0 Å². The second-order valence-electron chi connectivity index (χ2n) is 7.39. The summed E-state index contributed by atoms with van der Waals surface area (Å²) in [6.07, 6.45) is 2.82. The van der Waals surface area contributed by atoms with E-state index in [0.29, 0.717) is 39.0 Å². The van der Waals surface area contributed by atoms with Gasteiger partial charge in [0.2, 0.25) is 15.9 Å². The highest BCUT2D eigenvalue weighted by atomic mass is 32.2. The fourth-order valence-electron chi connectivity index (χ4n) is 3.10. The number of carbonyl (C=O) groups is 1. The van der Waals surface area contributed by atoms with Gasteiger partial charge < -0.3 is 10.1 Å². The molecule has 2 rings (SSSR count). The third-order valence-corrected chi connectivity index (χ3v) is 6.71. The van der Waals surface area contributed by atoms with Gasteiger partial charge in [-0.25, -0.2) is 12.7 Å². The minimum atomic E-state index is -3.18. The van der Waals surface area contributed by atoms with Crippen LogP contribution in [0.15, 0.2) is 24.3 Å². The van der Waals surface area contributed by atoms with Gasteiger partial charge in [-0.15, -0.1) is 0 Å². The Bertz CT molecular complexity index is 710. The van der Waals surface area contributed by atoms with Crippen LogP contribution in [0.1, 0.15) is 52.0 Å². The van der Waals surface area contributed by atoms with Gasteiger partial charge in [-0.1, -0.05) is 25.5 Å². The largest absolute Gasteiger partial charge is 0.374 e. The second-order valence-corrected chi connectivity index (χ2v) is 9.48. The maximum atomic E-state index is 12.6. The highest BCUT2D eigenvalue weighted by Crippen LogP contribution is 2.22. The van der Waals surface area contributed by atoms with Crippen LogP contribution in [0.2, 0.25) is 0 Å². The number of unbranched alkanes of at least 4 members (excludes halogenated alkanes) is 1. The van der Waals surface area contributed by atoms with Crippen molar-refractivity contribution < 1.29 is 17.9 Å². The number of benzene rings is 1. The highest BCUT2D eigenvalue weighted by molar-refractivity contribution is 7.89. The van der Waals surface area contributed by atoms with E-state index in [1.54, 1.807) is 0 Å². The van der Waals surface area contributed by atoms with Gasteiger partial charge in [0.05, 0.1) is 18.5 Å². The Kier molecular flexibility index (Phi) is 8.26. The maximum absolute atomic E-state index is 12.6.